The Balaban J connectivity index is 1.30. The normalized spacial score (nSPS) is 15.7. The molecule has 1 saturated heterocycles. The molecule has 2 N–H and O–H groups in total. The molecule has 0 atom stereocenters. The molecule has 1 fully saturated rings. The molecule has 6 nitrogen and oxygen atoms in total. The highest BCUT2D eigenvalue weighted by Crippen LogP contribution is 2.16. The van der Waals surface area contributed by atoms with Gasteiger partial charge in [-0.3, -0.25) is 9.98 Å². The Hall–Kier alpha value is -2.18. The molecule has 28 heavy (non-hydrogen) atoms. The third kappa shape index (κ3) is 6.46. The van der Waals surface area contributed by atoms with E-state index in [9.17, 15) is 0 Å². The highest BCUT2D eigenvalue weighted by molar-refractivity contribution is 5.82. The first-order valence-corrected chi connectivity index (χ1v) is 10.3. The Kier molecular flexibility index (Phi) is 8.53. The summed E-state index contributed by atoms with van der Waals surface area (Å²) in [5.41, 5.74) is 2.33. The van der Waals surface area contributed by atoms with Crippen molar-refractivity contribution < 1.29 is 9.47 Å². The molecule has 1 aromatic carbocycles. The summed E-state index contributed by atoms with van der Waals surface area (Å²) in [7, 11) is 1.80. The maximum Gasteiger partial charge on any atom is 0.190 e. The standard InChI is InChI=1S/C22H32N4O2/c1-23-22(25-12-4-14-28-17-18-9-15-27-16-10-18)26-13-8-20-6-2-5-19-7-3-11-24-21(19)20/h2-3,5-7,11,18H,4,8-10,12-17H2,1H3,(H2,23,25,26). The van der Waals surface area contributed by atoms with Crippen LogP contribution in [0.3, 0.4) is 0 Å². The molecule has 152 valence electrons. The molecular formula is C22H32N4O2. The van der Waals surface area contributed by atoms with Crippen LogP contribution in [-0.2, 0) is 15.9 Å². The van der Waals surface area contributed by atoms with Crippen molar-refractivity contribution in [2.75, 3.05) is 46.6 Å². The van der Waals surface area contributed by atoms with Crippen LogP contribution < -0.4 is 10.6 Å². The molecule has 2 heterocycles. The molecule has 0 unspecified atom stereocenters. The van der Waals surface area contributed by atoms with Gasteiger partial charge in [0.15, 0.2) is 5.96 Å². The summed E-state index contributed by atoms with van der Waals surface area (Å²) < 4.78 is 11.2. The van der Waals surface area contributed by atoms with Crippen LogP contribution >= 0.6 is 0 Å². The monoisotopic (exact) mass is 384 g/mol. The summed E-state index contributed by atoms with van der Waals surface area (Å²) in [6.45, 7) is 5.07. The van der Waals surface area contributed by atoms with Gasteiger partial charge in [0, 0.05) is 58.1 Å². The summed E-state index contributed by atoms with van der Waals surface area (Å²) in [6, 6.07) is 10.4. The molecular weight excluding hydrogens is 352 g/mol. The molecule has 0 saturated carbocycles. The predicted molar refractivity (Wildman–Crippen MR) is 114 cm³/mol. The zero-order valence-corrected chi connectivity index (χ0v) is 16.8. The number of para-hydroxylation sites is 1. The van der Waals surface area contributed by atoms with Gasteiger partial charge in [-0.25, -0.2) is 0 Å². The van der Waals surface area contributed by atoms with Gasteiger partial charge in [-0.2, -0.15) is 0 Å². The summed E-state index contributed by atoms with van der Waals surface area (Å²) in [5.74, 6) is 1.50. The quantitative estimate of drug-likeness (QED) is 0.395. The Morgan fingerprint density at radius 3 is 2.86 bits per heavy atom. The highest BCUT2D eigenvalue weighted by Gasteiger charge is 2.13. The van der Waals surface area contributed by atoms with E-state index in [-0.39, 0.29) is 0 Å². The number of aromatic nitrogens is 1. The van der Waals surface area contributed by atoms with E-state index in [4.69, 9.17) is 9.47 Å². The Morgan fingerprint density at radius 2 is 2.00 bits per heavy atom. The molecule has 6 heteroatoms. The zero-order chi connectivity index (χ0) is 19.4. The van der Waals surface area contributed by atoms with E-state index in [1.807, 2.05) is 12.3 Å². The third-order valence-electron chi connectivity index (χ3n) is 5.08. The number of hydrogen-bond donors (Lipinski definition) is 2. The van der Waals surface area contributed by atoms with E-state index >= 15 is 0 Å². The molecule has 2 aromatic rings. The van der Waals surface area contributed by atoms with Crippen molar-refractivity contribution in [1.29, 1.82) is 0 Å². The third-order valence-corrected chi connectivity index (χ3v) is 5.08. The maximum atomic E-state index is 5.81. The van der Waals surface area contributed by atoms with Crippen molar-refractivity contribution >= 4 is 16.9 Å². The van der Waals surface area contributed by atoms with Gasteiger partial charge in [0.25, 0.3) is 0 Å². The lowest BCUT2D eigenvalue weighted by Crippen LogP contribution is -2.39. The van der Waals surface area contributed by atoms with Crippen LogP contribution in [0.5, 0.6) is 0 Å². The van der Waals surface area contributed by atoms with Crippen molar-refractivity contribution in [2.45, 2.75) is 25.7 Å². The molecule has 0 spiro atoms. The van der Waals surface area contributed by atoms with Gasteiger partial charge in [0.2, 0.25) is 0 Å². The molecule has 0 amide bonds. The Bertz CT molecular complexity index is 739. The van der Waals surface area contributed by atoms with Gasteiger partial charge in [0.1, 0.15) is 0 Å². The Morgan fingerprint density at radius 1 is 1.18 bits per heavy atom. The van der Waals surface area contributed by atoms with E-state index < -0.39 is 0 Å². The fraction of sp³-hybridized carbons (Fsp3) is 0.545. The molecule has 1 aliphatic rings. The number of nitrogens with zero attached hydrogens (tertiary/aromatic N) is 2. The lowest BCUT2D eigenvalue weighted by Gasteiger charge is -2.21. The van der Waals surface area contributed by atoms with Crippen LogP contribution in [0.1, 0.15) is 24.8 Å². The molecule has 1 aliphatic heterocycles. The van der Waals surface area contributed by atoms with Gasteiger partial charge in [0.05, 0.1) is 5.52 Å². The molecule has 0 bridgehead atoms. The van der Waals surface area contributed by atoms with E-state index in [0.717, 1.165) is 76.7 Å². The van der Waals surface area contributed by atoms with Crippen molar-refractivity contribution in [3.05, 3.63) is 42.1 Å². The topological polar surface area (TPSA) is 67.8 Å². The summed E-state index contributed by atoms with van der Waals surface area (Å²) in [6.07, 6.45) is 5.98. The van der Waals surface area contributed by atoms with Crippen molar-refractivity contribution in [2.24, 2.45) is 10.9 Å². The summed E-state index contributed by atoms with van der Waals surface area (Å²) in [5, 5.41) is 7.92. The van der Waals surface area contributed by atoms with E-state index in [1.54, 1.807) is 7.05 Å². The molecule has 0 aliphatic carbocycles. The minimum Gasteiger partial charge on any atom is -0.381 e. The van der Waals surface area contributed by atoms with Crippen molar-refractivity contribution in [3.63, 3.8) is 0 Å². The second-order valence-electron chi connectivity index (χ2n) is 7.15. The predicted octanol–water partition coefficient (Wildman–Crippen LogP) is 2.78. The van der Waals surface area contributed by atoms with Crippen LogP contribution in [0.15, 0.2) is 41.5 Å². The van der Waals surface area contributed by atoms with Gasteiger partial charge in [-0.15, -0.1) is 0 Å². The first-order chi connectivity index (χ1) is 13.9. The first-order valence-electron chi connectivity index (χ1n) is 10.3. The second kappa shape index (κ2) is 11.6. The number of hydrogen-bond acceptors (Lipinski definition) is 4. The molecule has 3 rings (SSSR count). The minimum atomic E-state index is 0.666. The largest absolute Gasteiger partial charge is 0.381 e. The minimum absolute atomic E-state index is 0.666. The number of pyridine rings is 1. The van der Waals surface area contributed by atoms with Crippen molar-refractivity contribution in [1.82, 2.24) is 15.6 Å². The second-order valence-corrected chi connectivity index (χ2v) is 7.15. The molecule has 0 radical (unpaired) electrons. The average Bonchev–Trinajstić information content (AvgIpc) is 2.75. The van der Waals surface area contributed by atoms with E-state index in [1.165, 1.54) is 10.9 Å². The number of guanidine groups is 1. The van der Waals surface area contributed by atoms with Gasteiger partial charge >= 0.3 is 0 Å². The van der Waals surface area contributed by atoms with Gasteiger partial charge in [-0.05, 0) is 43.2 Å². The van der Waals surface area contributed by atoms with Crippen LogP contribution in [0.25, 0.3) is 10.9 Å². The van der Waals surface area contributed by atoms with E-state index in [0.29, 0.717) is 5.92 Å². The van der Waals surface area contributed by atoms with Crippen molar-refractivity contribution in [3.8, 4) is 0 Å². The van der Waals surface area contributed by atoms with E-state index in [2.05, 4.69) is 44.9 Å². The summed E-state index contributed by atoms with van der Waals surface area (Å²) in [4.78, 5) is 8.81. The van der Waals surface area contributed by atoms with Crippen LogP contribution in [-0.4, -0.2) is 57.5 Å². The zero-order valence-electron chi connectivity index (χ0n) is 16.8. The SMILES string of the molecule is CN=C(NCCCOCC1CCOCC1)NCCc1cccc2cccnc12. The van der Waals surface area contributed by atoms with Crippen LogP contribution in [0.4, 0.5) is 0 Å². The molecule has 1 aromatic heterocycles. The van der Waals surface area contributed by atoms with Crippen LogP contribution in [0.2, 0.25) is 0 Å². The number of benzene rings is 1. The fourth-order valence-corrected chi connectivity index (χ4v) is 3.45. The van der Waals surface area contributed by atoms with Gasteiger partial charge in [-0.1, -0.05) is 24.3 Å². The first kappa shape index (κ1) is 20.6. The number of aliphatic imine (C=N–C) groups is 1. The van der Waals surface area contributed by atoms with Crippen LogP contribution in [0, 0.1) is 5.92 Å². The lowest BCUT2D eigenvalue weighted by molar-refractivity contribution is 0.0203. The number of fused-ring (bicyclic) bond motifs is 1. The number of ether oxygens (including phenoxy) is 2. The fourth-order valence-electron chi connectivity index (χ4n) is 3.45. The smallest absolute Gasteiger partial charge is 0.190 e. The lowest BCUT2D eigenvalue weighted by atomic mass is 10.0. The summed E-state index contributed by atoms with van der Waals surface area (Å²) >= 11 is 0. The average molecular weight is 385 g/mol. The highest BCUT2D eigenvalue weighted by atomic mass is 16.5. The number of nitrogens with one attached hydrogen (secondary N) is 2. The Labute approximate surface area is 167 Å². The van der Waals surface area contributed by atoms with Gasteiger partial charge < -0.3 is 20.1 Å². The number of rotatable bonds is 9. The maximum absolute atomic E-state index is 5.81.